The highest BCUT2D eigenvalue weighted by Crippen LogP contribution is 2.35. The molecule has 0 radical (unpaired) electrons. The fourth-order valence-electron chi connectivity index (χ4n) is 3.71. The monoisotopic (exact) mass is 432 g/mol. The molecule has 2 heterocycles. The molecular formula is C24H24N4O4. The summed E-state index contributed by atoms with van der Waals surface area (Å²) in [6.45, 7) is 4.86. The number of benzene rings is 2. The van der Waals surface area contributed by atoms with Crippen molar-refractivity contribution in [3.8, 4) is 34.6 Å². The van der Waals surface area contributed by atoms with Gasteiger partial charge in [0.2, 0.25) is 5.95 Å². The summed E-state index contributed by atoms with van der Waals surface area (Å²) < 4.78 is 16.9. The van der Waals surface area contributed by atoms with Crippen molar-refractivity contribution >= 4 is 5.95 Å². The molecule has 0 unspecified atom stereocenters. The number of fused-ring (bicyclic) bond motifs is 1. The van der Waals surface area contributed by atoms with Gasteiger partial charge in [-0.15, -0.1) is 0 Å². The van der Waals surface area contributed by atoms with E-state index in [0.29, 0.717) is 30.2 Å². The highest BCUT2D eigenvalue weighted by molar-refractivity contribution is 5.67. The SMILES string of the molecule is CCOc1cc2c(cc1CNc1nc(-c3ccc(OC)cc3)c(C#N)c(=O)[nH]1)O[C@@H](C)C2. The van der Waals surface area contributed by atoms with Crippen molar-refractivity contribution in [1.29, 1.82) is 5.26 Å². The molecule has 2 aromatic carbocycles. The summed E-state index contributed by atoms with van der Waals surface area (Å²) in [4.78, 5) is 19.7. The minimum absolute atomic E-state index is 0.0457. The smallest absolute Gasteiger partial charge is 0.270 e. The normalized spacial score (nSPS) is 14.2. The summed E-state index contributed by atoms with van der Waals surface area (Å²) in [5, 5.41) is 12.6. The van der Waals surface area contributed by atoms with Crippen molar-refractivity contribution in [2.45, 2.75) is 32.9 Å². The summed E-state index contributed by atoms with van der Waals surface area (Å²) in [6.07, 6.45) is 0.977. The Kier molecular flexibility index (Phi) is 5.99. The fourth-order valence-corrected chi connectivity index (χ4v) is 3.71. The largest absolute Gasteiger partial charge is 0.497 e. The first-order valence-electron chi connectivity index (χ1n) is 10.4. The van der Waals surface area contributed by atoms with Crippen LogP contribution in [0.4, 0.5) is 5.95 Å². The molecule has 0 aliphatic carbocycles. The van der Waals surface area contributed by atoms with E-state index in [-0.39, 0.29) is 17.6 Å². The molecule has 1 aromatic heterocycles. The predicted molar refractivity (Wildman–Crippen MR) is 120 cm³/mol. The highest BCUT2D eigenvalue weighted by Gasteiger charge is 2.22. The zero-order valence-electron chi connectivity index (χ0n) is 18.2. The number of ether oxygens (including phenoxy) is 3. The molecule has 1 aliphatic rings. The summed E-state index contributed by atoms with van der Waals surface area (Å²) in [5.41, 5.74) is 2.40. The Bertz CT molecular complexity index is 1230. The van der Waals surface area contributed by atoms with Crippen LogP contribution in [-0.4, -0.2) is 29.8 Å². The molecule has 32 heavy (non-hydrogen) atoms. The number of aromatic amines is 1. The number of hydrogen-bond acceptors (Lipinski definition) is 7. The van der Waals surface area contributed by atoms with Crippen LogP contribution in [0.15, 0.2) is 41.2 Å². The van der Waals surface area contributed by atoms with Crippen molar-refractivity contribution in [3.05, 3.63) is 63.4 Å². The Morgan fingerprint density at radius 1 is 1.31 bits per heavy atom. The molecule has 1 atom stereocenters. The van der Waals surface area contributed by atoms with E-state index in [1.807, 2.05) is 32.0 Å². The lowest BCUT2D eigenvalue weighted by Gasteiger charge is -2.14. The maximum absolute atomic E-state index is 12.5. The number of nitrogens with zero attached hydrogens (tertiary/aromatic N) is 2. The van der Waals surface area contributed by atoms with Crippen LogP contribution < -0.4 is 25.1 Å². The molecule has 2 N–H and O–H groups in total. The van der Waals surface area contributed by atoms with E-state index >= 15 is 0 Å². The van der Waals surface area contributed by atoms with Gasteiger partial charge in [-0.2, -0.15) is 5.26 Å². The Balaban J connectivity index is 1.64. The summed E-state index contributed by atoms with van der Waals surface area (Å²) in [5.74, 6) is 2.55. The van der Waals surface area contributed by atoms with Crippen molar-refractivity contribution in [1.82, 2.24) is 9.97 Å². The van der Waals surface area contributed by atoms with Gasteiger partial charge in [-0.25, -0.2) is 4.98 Å². The number of nitrogens with one attached hydrogen (secondary N) is 2. The third-order valence-corrected chi connectivity index (χ3v) is 5.22. The Morgan fingerprint density at radius 3 is 2.78 bits per heavy atom. The molecule has 164 valence electrons. The van der Waals surface area contributed by atoms with Crippen LogP contribution in [0, 0.1) is 11.3 Å². The number of methoxy groups -OCH3 is 1. The average molecular weight is 432 g/mol. The molecular weight excluding hydrogens is 408 g/mol. The van der Waals surface area contributed by atoms with Gasteiger partial charge in [-0.3, -0.25) is 9.78 Å². The van der Waals surface area contributed by atoms with E-state index in [1.54, 1.807) is 31.4 Å². The lowest BCUT2D eigenvalue weighted by Crippen LogP contribution is -2.17. The Morgan fingerprint density at radius 2 is 2.09 bits per heavy atom. The number of rotatable bonds is 7. The number of H-pyrrole nitrogens is 1. The van der Waals surface area contributed by atoms with Gasteiger partial charge in [-0.05, 0) is 50.2 Å². The second-order valence-electron chi connectivity index (χ2n) is 7.47. The zero-order chi connectivity index (χ0) is 22.7. The van der Waals surface area contributed by atoms with Gasteiger partial charge in [0.1, 0.15) is 35.0 Å². The Labute approximate surface area is 185 Å². The number of hydrogen-bond donors (Lipinski definition) is 2. The first-order valence-corrected chi connectivity index (χ1v) is 10.4. The quantitative estimate of drug-likeness (QED) is 0.586. The predicted octanol–water partition coefficient (Wildman–Crippen LogP) is 3.65. The first-order chi connectivity index (χ1) is 15.5. The molecule has 0 fully saturated rings. The molecule has 8 nitrogen and oxygen atoms in total. The van der Waals surface area contributed by atoms with Gasteiger partial charge >= 0.3 is 0 Å². The van der Waals surface area contributed by atoms with Crippen LogP contribution in [0.1, 0.15) is 30.5 Å². The van der Waals surface area contributed by atoms with Crippen molar-refractivity contribution in [2.24, 2.45) is 0 Å². The molecule has 3 aromatic rings. The van der Waals surface area contributed by atoms with Gasteiger partial charge in [-0.1, -0.05) is 0 Å². The maximum Gasteiger partial charge on any atom is 0.270 e. The third-order valence-electron chi connectivity index (χ3n) is 5.22. The standard InChI is InChI=1S/C24H24N4O4/c1-4-31-20-10-16-9-14(2)32-21(16)11-17(20)13-26-24-27-22(19(12-25)23(29)28-24)15-5-7-18(30-3)8-6-15/h5-8,10-11,14H,4,9,13H2,1-3H3,(H2,26,27,28,29)/t14-/m0/s1. The number of nitriles is 1. The van der Waals surface area contributed by atoms with Crippen LogP contribution in [0.2, 0.25) is 0 Å². The second kappa shape index (κ2) is 9.02. The fraction of sp³-hybridized carbons (Fsp3) is 0.292. The molecule has 8 heteroatoms. The summed E-state index contributed by atoms with van der Waals surface area (Å²) >= 11 is 0. The topological polar surface area (TPSA) is 109 Å². The van der Waals surface area contributed by atoms with Crippen LogP contribution in [0.3, 0.4) is 0 Å². The zero-order valence-corrected chi connectivity index (χ0v) is 18.2. The number of aromatic nitrogens is 2. The van der Waals surface area contributed by atoms with Gasteiger partial charge in [0.05, 0.1) is 19.4 Å². The molecule has 0 spiro atoms. The molecule has 0 saturated carbocycles. The van der Waals surface area contributed by atoms with E-state index < -0.39 is 5.56 Å². The minimum Gasteiger partial charge on any atom is -0.497 e. The van der Waals surface area contributed by atoms with Crippen LogP contribution in [0.5, 0.6) is 17.2 Å². The summed E-state index contributed by atoms with van der Waals surface area (Å²) in [6, 6.07) is 13.0. The average Bonchev–Trinajstić information content (AvgIpc) is 3.16. The Hall–Kier alpha value is -3.99. The van der Waals surface area contributed by atoms with Crippen LogP contribution in [0.25, 0.3) is 11.3 Å². The second-order valence-corrected chi connectivity index (χ2v) is 7.47. The lowest BCUT2D eigenvalue weighted by molar-refractivity contribution is 0.254. The van der Waals surface area contributed by atoms with Crippen molar-refractivity contribution < 1.29 is 14.2 Å². The van der Waals surface area contributed by atoms with Gasteiger partial charge in [0.25, 0.3) is 5.56 Å². The van der Waals surface area contributed by atoms with Crippen molar-refractivity contribution in [3.63, 3.8) is 0 Å². The van der Waals surface area contributed by atoms with Crippen LogP contribution >= 0.6 is 0 Å². The van der Waals surface area contributed by atoms with Gasteiger partial charge in [0, 0.05) is 29.7 Å². The van der Waals surface area contributed by atoms with Gasteiger partial charge < -0.3 is 19.5 Å². The molecule has 4 rings (SSSR count). The highest BCUT2D eigenvalue weighted by atomic mass is 16.5. The maximum atomic E-state index is 12.5. The van der Waals surface area contributed by atoms with Gasteiger partial charge in [0.15, 0.2) is 0 Å². The molecule has 0 bridgehead atoms. The van der Waals surface area contributed by atoms with E-state index in [0.717, 1.165) is 29.0 Å². The van der Waals surface area contributed by atoms with Crippen LogP contribution in [-0.2, 0) is 13.0 Å². The summed E-state index contributed by atoms with van der Waals surface area (Å²) in [7, 11) is 1.57. The van der Waals surface area contributed by atoms with E-state index in [4.69, 9.17) is 14.2 Å². The van der Waals surface area contributed by atoms with E-state index in [1.165, 1.54) is 0 Å². The number of anilines is 1. The van der Waals surface area contributed by atoms with E-state index in [9.17, 15) is 10.1 Å². The third kappa shape index (κ3) is 4.23. The lowest BCUT2D eigenvalue weighted by atomic mass is 10.1. The minimum atomic E-state index is -0.507. The molecule has 0 saturated heterocycles. The van der Waals surface area contributed by atoms with E-state index in [2.05, 4.69) is 15.3 Å². The van der Waals surface area contributed by atoms with Crippen molar-refractivity contribution in [2.75, 3.05) is 19.0 Å². The molecule has 1 aliphatic heterocycles. The first kappa shape index (κ1) is 21.2. The molecule has 0 amide bonds.